The van der Waals surface area contributed by atoms with Crippen LogP contribution in [0, 0.1) is 6.92 Å². The van der Waals surface area contributed by atoms with Gasteiger partial charge in [-0.2, -0.15) is 5.10 Å². The number of hydrogen-bond donors (Lipinski definition) is 1. The molecule has 0 unspecified atom stereocenters. The van der Waals surface area contributed by atoms with Crippen LogP contribution in [-0.2, 0) is 21.4 Å². The van der Waals surface area contributed by atoms with Crippen molar-refractivity contribution < 1.29 is 32.2 Å². The van der Waals surface area contributed by atoms with Crippen molar-refractivity contribution in [3.05, 3.63) is 105 Å². The van der Waals surface area contributed by atoms with E-state index >= 15 is 0 Å². The molecular formula is C32H31BrClN3O7S. The number of ether oxygens (including phenoxy) is 4. The Hall–Kier alpha value is -4.26. The van der Waals surface area contributed by atoms with E-state index in [0.29, 0.717) is 32.3 Å². The van der Waals surface area contributed by atoms with Crippen molar-refractivity contribution in [3.8, 4) is 23.0 Å². The number of rotatable bonds is 13. The predicted octanol–water partition coefficient (Wildman–Crippen LogP) is 6.36. The van der Waals surface area contributed by atoms with Gasteiger partial charge in [-0.3, -0.25) is 9.10 Å². The highest BCUT2D eigenvalue weighted by Crippen LogP contribution is 2.38. The third kappa shape index (κ3) is 8.27. The molecule has 0 aromatic heterocycles. The van der Waals surface area contributed by atoms with E-state index in [0.717, 1.165) is 15.4 Å². The number of methoxy groups -OCH3 is 3. The van der Waals surface area contributed by atoms with Gasteiger partial charge in [-0.15, -0.1) is 0 Å². The highest BCUT2D eigenvalue weighted by atomic mass is 79.9. The second-order valence-electron chi connectivity index (χ2n) is 9.57. The molecule has 0 aliphatic carbocycles. The van der Waals surface area contributed by atoms with E-state index in [4.69, 9.17) is 30.5 Å². The summed E-state index contributed by atoms with van der Waals surface area (Å²) in [5.41, 5.74) is 4.80. The van der Waals surface area contributed by atoms with Gasteiger partial charge in [0.05, 0.1) is 42.6 Å². The van der Waals surface area contributed by atoms with E-state index in [1.54, 1.807) is 42.5 Å². The Morgan fingerprint density at radius 1 is 0.956 bits per heavy atom. The maximum absolute atomic E-state index is 13.8. The topological polar surface area (TPSA) is 116 Å². The monoisotopic (exact) mass is 715 g/mol. The second kappa shape index (κ2) is 15.2. The fraction of sp³-hybridized carbons (Fsp3) is 0.188. The lowest BCUT2D eigenvalue weighted by atomic mass is 10.2. The van der Waals surface area contributed by atoms with Gasteiger partial charge in [0.25, 0.3) is 15.9 Å². The van der Waals surface area contributed by atoms with Crippen LogP contribution in [0.3, 0.4) is 0 Å². The van der Waals surface area contributed by atoms with Crippen LogP contribution in [0.25, 0.3) is 0 Å². The summed E-state index contributed by atoms with van der Waals surface area (Å²) < 4.78 is 51.4. The molecule has 0 radical (unpaired) electrons. The van der Waals surface area contributed by atoms with E-state index in [1.165, 1.54) is 45.7 Å². The van der Waals surface area contributed by atoms with E-state index < -0.39 is 22.5 Å². The number of carbonyl (C=O) groups excluding carboxylic acids is 1. The van der Waals surface area contributed by atoms with E-state index in [2.05, 4.69) is 26.5 Å². The standard InChI is InChI=1S/C32H31BrClN3O7S/c1-21-9-12-25(13-10-21)45(39,40)37(28-17-24(41-2)11-14-29(28)42-3)19-31(38)36-35-18-22-15-26(33)32(30(16-22)43-4)44-20-23-7-5-6-8-27(23)34/h5-18H,19-20H2,1-4H3,(H,36,38). The van der Waals surface area contributed by atoms with E-state index in [1.807, 2.05) is 25.1 Å². The summed E-state index contributed by atoms with van der Waals surface area (Å²) in [6, 6.07) is 21.8. The number of nitrogens with one attached hydrogen (secondary N) is 1. The first kappa shape index (κ1) is 33.6. The summed E-state index contributed by atoms with van der Waals surface area (Å²) in [6.45, 7) is 1.47. The molecule has 13 heteroatoms. The molecule has 4 aromatic rings. The van der Waals surface area contributed by atoms with E-state index in [-0.39, 0.29) is 22.9 Å². The van der Waals surface area contributed by atoms with Gasteiger partial charge in [0, 0.05) is 16.7 Å². The average molecular weight is 717 g/mol. The molecule has 10 nitrogen and oxygen atoms in total. The summed E-state index contributed by atoms with van der Waals surface area (Å²) in [7, 11) is 0.158. The molecule has 4 aromatic carbocycles. The van der Waals surface area contributed by atoms with Crippen molar-refractivity contribution in [2.24, 2.45) is 5.10 Å². The van der Waals surface area contributed by atoms with Gasteiger partial charge in [0.1, 0.15) is 24.7 Å². The molecule has 0 fully saturated rings. The minimum Gasteiger partial charge on any atom is -0.497 e. The number of benzene rings is 4. The highest BCUT2D eigenvalue weighted by molar-refractivity contribution is 9.10. The van der Waals surface area contributed by atoms with Crippen molar-refractivity contribution >= 4 is 55.4 Å². The van der Waals surface area contributed by atoms with Crippen molar-refractivity contribution in [2.75, 3.05) is 32.2 Å². The molecule has 0 saturated carbocycles. The number of hydrazone groups is 1. The van der Waals surface area contributed by atoms with Gasteiger partial charge in [0.2, 0.25) is 0 Å². The van der Waals surface area contributed by atoms with Crippen molar-refractivity contribution in [1.82, 2.24) is 5.43 Å². The summed E-state index contributed by atoms with van der Waals surface area (Å²) in [5, 5.41) is 4.63. The smallest absolute Gasteiger partial charge is 0.264 e. The number of nitrogens with zero attached hydrogens (tertiary/aromatic N) is 2. The zero-order valence-electron chi connectivity index (χ0n) is 24.9. The van der Waals surface area contributed by atoms with Crippen molar-refractivity contribution in [2.45, 2.75) is 18.4 Å². The number of anilines is 1. The Labute approximate surface area is 275 Å². The second-order valence-corrected chi connectivity index (χ2v) is 12.7. The average Bonchev–Trinajstić information content (AvgIpc) is 3.03. The number of carbonyl (C=O) groups is 1. The van der Waals surface area contributed by atoms with Gasteiger partial charge < -0.3 is 18.9 Å². The summed E-state index contributed by atoms with van der Waals surface area (Å²) in [5.74, 6) is 0.800. The first-order chi connectivity index (χ1) is 21.6. The Kier molecular flexibility index (Phi) is 11.3. The van der Waals surface area contributed by atoms with Crippen LogP contribution in [0.4, 0.5) is 5.69 Å². The maximum atomic E-state index is 13.8. The normalized spacial score (nSPS) is 11.2. The predicted molar refractivity (Wildman–Crippen MR) is 177 cm³/mol. The molecule has 4 rings (SSSR count). The Bertz CT molecular complexity index is 1800. The third-order valence-electron chi connectivity index (χ3n) is 6.54. The zero-order chi connectivity index (χ0) is 32.6. The van der Waals surface area contributed by atoms with Crippen LogP contribution >= 0.6 is 27.5 Å². The maximum Gasteiger partial charge on any atom is 0.264 e. The van der Waals surface area contributed by atoms with Crippen LogP contribution in [-0.4, -0.2) is 48.4 Å². The molecule has 236 valence electrons. The Morgan fingerprint density at radius 3 is 2.33 bits per heavy atom. The molecule has 45 heavy (non-hydrogen) atoms. The van der Waals surface area contributed by atoms with Crippen LogP contribution in [0.2, 0.25) is 5.02 Å². The van der Waals surface area contributed by atoms with Gasteiger partial charge >= 0.3 is 0 Å². The summed E-state index contributed by atoms with van der Waals surface area (Å²) in [6.07, 6.45) is 1.40. The number of aryl methyl sites for hydroxylation is 1. The molecule has 1 amide bonds. The third-order valence-corrected chi connectivity index (χ3v) is 9.27. The van der Waals surface area contributed by atoms with Crippen LogP contribution in [0.5, 0.6) is 23.0 Å². The van der Waals surface area contributed by atoms with Crippen LogP contribution in [0.1, 0.15) is 16.7 Å². The molecule has 0 spiro atoms. The molecule has 0 bridgehead atoms. The van der Waals surface area contributed by atoms with Gasteiger partial charge in [-0.25, -0.2) is 13.8 Å². The van der Waals surface area contributed by atoms with Crippen molar-refractivity contribution in [3.63, 3.8) is 0 Å². The van der Waals surface area contributed by atoms with Gasteiger partial charge in [-0.1, -0.05) is 47.5 Å². The zero-order valence-corrected chi connectivity index (χ0v) is 28.1. The fourth-order valence-corrected chi connectivity index (χ4v) is 6.38. The quantitative estimate of drug-likeness (QED) is 0.127. The first-order valence-electron chi connectivity index (χ1n) is 13.4. The molecule has 1 N–H and O–H groups in total. The van der Waals surface area contributed by atoms with Crippen LogP contribution in [0.15, 0.2) is 93.3 Å². The minimum atomic E-state index is -4.21. The minimum absolute atomic E-state index is 0.00284. The molecule has 0 atom stereocenters. The van der Waals surface area contributed by atoms with Crippen molar-refractivity contribution in [1.29, 1.82) is 0 Å². The summed E-state index contributed by atoms with van der Waals surface area (Å²) in [4.78, 5) is 13.1. The fourth-order valence-electron chi connectivity index (χ4n) is 4.19. The molecule has 0 aliphatic heterocycles. The number of amides is 1. The highest BCUT2D eigenvalue weighted by Gasteiger charge is 2.30. The molecular weight excluding hydrogens is 686 g/mol. The number of sulfonamides is 1. The lowest BCUT2D eigenvalue weighted by Crippen LogP contribution is -2.39. The van der Waals surface area contributed by atoms with Crippen LogP contribution < -0.4 is 28.7 Å². The van der Waals surface area contributed by atoms with Gasteiger partial charge in [0.15, 0.2) is 11.5 Å². The van der Waals surface area contributed by atoms with Gasteiger partial charge in [-0.05, 0) is 70.9 Å². The molecule has 0 heterocycles. The first-order valence-corrected chi connectivity index (χ1v) is 16.1. The lowest BCUT2D eigenvalue weighted by molar-refractivity contribution is -0.119. The Morgan fingerprint density at radius 2 is 1.67 bits per heavy atom. The molecule has 0 aliphatic rings. The Balaban J connectivity index is 1.55. The molecule has 0 saturated heterocycles. The van der Waals surface area contributed by atoms with E-state index in [9.17, 15) is 13.2 Å². The number of halogens is 2. The largest absolute Gasteiger partial charge is 0.497 e. The lowest BCUT2D eigenvalue weighted by Gasteiger charge is -2.25. The summed E-state index contributed by atoms with van der Waals surface area (Å²) >= 11 is 9.75. The number of hydrogen-bond acceptors (Lipinski definition) is 8. The SMILES string of the molecule is COc1ccc(OC)c(N(CC(=O)NN=Cc2cc(Br)c(OCc3ccccc3Cl)c(OC)c2)S(=O)(=O)c2ccc(C)cc2)c1.